The molecule has 1 aromatic rings. The summed E-state index contributed by atoms with van der Waals surface area (Å²) in [5, 5.41) is 0. The van der Waals surface area contributed by atoms with Crippen molar-refractivity contribution in [1.82, 2.24) is 4.57 Å². The molecule has 0 aliphatic rings. The second-order valence-electron chi connectivity index (χ2n) is 4.02. The Balaban J connectivity index is 3.28. The van der Waals surface area contributed by atoms with Crippen molar-refractivity contribution in [3.05, 3.63) is 23.0 Å². The van der Waals surface area contributed by atoms with E-state index < -0.39 is 5.54 Å². The van der Waals surface area contributed by atoms with E-state index in [1.807, 2.05) is 14.0 Å². The van der Waals surface area contributed by atoms with Crippen LogP contribution in [0.15, 0.2) is 6.20 Å². The van der Waals surface area contributed by atoms with Gasteiger partial charge in [-0.3, -0.25) is 0 Å². The first-order chi connectivity index (χ1) is 5.90. The molecule has 4 N–H and O–H groups in total. The van der Waals surface area contributed by atoms with Gasteiger partial charge in [-0.1, -0.05) is 0 Å². The van der Waals surface area contributed by atoms with Gasteiger partial charge in [0.2, 0.25) is 0 Å². The molecule has 1 aromatic heterocycles. The largest absolute Gasteiger partial charge is 0.352 e. The van der Waals surface area contributed by atoms with Gasteiger partial charge in [0.05, 0.1) is 5.54 Å². The normalized spacial score (nSPS) is 15.8. The van der Waals surface area contributed by atoms with E-state index in [-0.39, 0.29) is 0 Å². The summed E-state index contributed by atoms with van der Waals surface area (Å²) in [7, 11) is 2.01. The van der Waals surface area contributed by atoms with Crippen LogP contribution in [0.25, 0.3) is 0 Å². The summed E-state index contributed by atoms with van der Waals surface area (Å²) in [4.78, 5) is 0. The zero-order valence-electron chi connectivity index (χ0n) is 8.89. The average molecular weight is 181 g/mol. The molecular weight excluding hydrogens is 162 g/mol. The fourth-order valence-electron chi connectivity index (χ4n) is 1.83. The van der Waals surface area contributed by atoms with Crippen molar-refractivity contribution >= 4 is 0 Å². The van der Waals surface area contributed by atoms with Gasteiger partial charge in [-0.25, -0.2) is 0 Å². The minimum atomic E-state index is -0.424. The zero-order chi connectivity index (χ0) is 10.2. The van der Waals surface area contributed by atoms with Crippen LogP contribution in [0, 0.1) is 13.8 Å². The van der Waals surface area contributed by atoms with Gasteiger partial charge in [0.1, 0.15) is 0 Å². The lowest BCUT2D eigenvalue weighted by Crippen LogP contribution is -2.42. The Labute approximate surface area is 79.7 Å². The molecule has 0 aromatic carbocycles. The molecule has 0 aliphatic carbocycles. The Bertz CT molecular complexity index is 310. The molecule has 0 aliphatic heterocycles. The molecule has 13 heavy (non-hydrogen) atoms. The third-order valence-corrected chi connectivity index (χ3v) is 2.65. The first kappa shape index (κ1) is 10.3. The summed E-state index contributed by atoms with van der Waals surface area (Å²) in [5.74, 6) is 0. The third kappa shape index (κ3) is 1.62. The Morgan fingerprint density at radius 1 is 1.46 bits per heavy atom. The Morgan fingerprint density at radius 2 is 2.00 bits per heavy atom. The van der Waals surface area contributed by atoms with E-state index in [1.54, 1.807) is 0 Å². The Morgan fingerprint density at radius 3 is 2.31 bits per heavy atom. The molecule has 1 rings (SSSR count). The van der Waals surface area contributed by atoms with Crippen LogP contribution in [0.1, 0.15) is 23.7 Å². The van der Waals surface area contributed by atoms with Gasteiger partial charge in [-0.15, -0.1) is 0 Å². The van der Waals surface area contributed by atoms with Gasteiger partial charge in [0.25, 0.3) is 0 Å². The number of hydrogen-bond acceptors (Lipinski definition) is 2. The number of rotatable bonds is 2. The minimum Gasteiger partial charge on any atom is -0.352 e. The smallest absolute Gasteiger partial charge is 0.0661 e. The van der Waals surface area contributed by atoms with Gasteiger partial charge >= 0.3 is 0 Å². The lowest BCUT2D eigenvalue weighted by molar-refractivity contribution is 0.471. The van der Waals surface area contributed by atoms with Crippen LogP contribution in [0.4, 0.5) is 0 Å². The zero-order valence-corrected chi connectivity index (χ0v) is 8.89. The second kappa shape index (κ2) is 3.16. The van der Waals surface area contributed by atoms with Gasteiger partial charge in [-0.2, -0.15) is 0 Å². The van der Waals surface area contributed by atoms with Crippen LogP contribution >= 0.6 is 0 Å². The predicted octanol–water partition coefficient (Wildman–Crippen LogP) is 0.775. The summed E-state index contributed by atoms with van der Waals surface area (Å²) in [6, 6.07) is 0. The fraction of sp³-hybridized carbons (Fsp3) is 0.600. The van der Waals surface area contributed by atoms with Gasteiger partial charge in [-0.05, 0) is 31.9 Å². The SMILES string of the molecule is Cc1cn(C)c(C(C)(N)CN)c1C. The lowest BCUT2D eigenvalue weighted by Gasteiger charge is -2.24. The summed E-state index contributed by atoms with van der Waals surface area (Å²) in [5.41, 5.74) is 15.0. The summed E-state index contributed by atoms with van der Waals surface area (Å²) < 4.78 is 2.07. The van der Waals surface area contributed by atoms with Crippen molar-refractivity contribution in [3.63, 3.8) is 0 Å². The van der Waals surface area contributed by atoms with E-state index in [1.165, 1.54) is 11.1 Å². The predicted molar refractivity (Wildman–Crippen MR) is 55.5 cm³/mol. The molecule has 0 spiro atoms. The first-order valence-corrected chi connectivity index (χ1v) is 4.52. The fourth-order valence-corrected chi connectivity index (χ4v) is 1.83. The molecule has 3 heteroatoms. The van der Waals surface area contributed by atoms with E-state index in [9.17, 15) is 0 Å². The third-order valence-electron chi connectivity index (χ3n) is 2.65. The van der Waals surface area contributed by atoms with E-state index in [0.29, 0.717) is 6.54 Å². The highest BCUT2D eigenvalue weighted by molar-refractivity contribution is 5.34. The van der Waals surface area contributed by atoms with Crippen LogP contribution < -0.4 is 11.5 Å². The molecule has 0 saturated carbocycles. The lowest BCUT2D eigenvalue weighted by atomic mass is 9.95. The molecule has 0 saturated heterocycles. The molecule has 1 heterocycles. The highest BCUT2D eigenvalue weighted by Gasteiger charge is 2.25. The van der Waals surface area contributed by atoms with E-state index in [4.69, 9.17) is 11.5 Å². The maximum absolute atomic E-state index is 6.11. The number of hydrogen-bond donors (Lipinski definition) is 2. The molecule has 0 amide bonds. The summed E-state index contributed by atoms with van der Waals surface area (Å²) >= 11 is 0. The molecular formula is C10H19N3. The van der Waals surface area contributed by atoms with Gasteiger partial charge in [0.15, 0.2) is 0 Å². The monoisotopic (exact) mass is 181 g/mol. The van der Waals surface area contributed by atoms with Crippen LogP contribution in [0.5, 0.6) is 0 Å². The molecule has 1 unspecified atom stereocenters. The van der Waals surface area contributed by atoms with Gasteiger partial charge in [0, 0.05) is 25.5 Å². The van der Waals surface area contributed by atoms with Crippen molar-refractivity contribution in [3.8, 4) is 0 Å². The quantitative estimate of drug-likeness (QED) is 0.708. The van der Waals surface area contributed by atoms with Crippen LogP contribution in [0.2, 0.25) is 0 Å². The standard InChI is InChI=1S/C10H19N3/c1-7-5-13(4)9(8(7)2)10(3,12)6-11/h5H,6,11-12H2,1-4H3. The number of aryl methyl sites for hydroxylation is 2. The van der Waals surface area contributed by atoms with Gasteiger partial charge < -0.3 is 16.0 Å². The van der Waals surface area contributed by atoms with Crippen LogP contribution in [-0.2, 0) is 12.6 Å². The minimum absolute atomic E-state index is 0.424. The topological polar surface area (TPSA) is 57.0 Å². The van der Waals surface area contributed by atoms with E-state index in [2.05, 4.69) is 24.6 Å². The first-order valence-electron chi connectivity index (χ1n) is 4.52. The number of nitrogens with two attached hydrogens (primary N) is 2. The van der Waals surface area contributed by atoms with Crippen LogP contribution in [-0.4, -0.2) is 11.1 Å². The van der Waals surface area contributed by atoms with Crippen molar-refractivity contribution < 1.29 is 0 Å². The average Bonchev–Trinajstić information content (AvgIpc) is 2.27. The van der Waals surface area contributed by atoms with Crippen molar-refractivity contribution in [2.45, 2.75) is 26.3 Å². The van der Waals surface area contributed by atoms with E-state index >= 15 is 0 Å². The van der Waals surface area contributed by atoms with Crippen LogP contribution in [0.3, 0.4) is 0 Å². The van der Waals surface area contributed by atoms with Crippen molar-refractivity contribution in [2.75, 3.05) is 6.54 Å². The van der Waals surface area contributed by atoms with Crippen molar-refractivity contribution in [1.29, 1.82) is 0 Å². The maximum atomic E-state index is 6.11. The van der Waals surface area contributed by atoms with Crippen molar-refractivity contribution in [2.24, 2.45) is 18.5 Å². The highest BCUT2D eigenvalue weighted by atomic mass is 15.0. The Kier molecular flexibility index (Phi) is 2.50. The second-order valence-corrected chi connectivity index (χ2v) is 4.02. The summed E-state index contributed by atoms with van der Waals surface area (Å²) in [6.07, 6.45) is 2.09. The summed E-state index contributed by atoms with van der Waals surface area (Å²) in [6.45, 7) is 6.61. The molecule has 0 radical (unpaired) electrons. The highest BCUT2D eigenvalue weighted by Crippen LogP contribution is 2.23. The molecule has 3 nitrogen and oxygen atoms in total. The Hall–Kier alpha value is -0.800. The molecule has 0 bridgehead atoms. The van der Waals surface area contributed by atoms with E-state index in [0.717, 1.165) is 5.69 Å². The molecule has 0 fully saturated rings. The molecule has 1 atom stereocenters. The molecule has 74 valence electrons. The maximum Gasteiger partial charge on any atom is 0.0661 e. The number of aromatic nitrogens is 1. The number of nitrogens with zero attached hydrogens (tertiary/aromatic N) is 1.